The van der Waals surface area contributed by atoms with Crippen LogP contribution in [0.25, 0.3) is 0 Å². The fraction of sp³-hybridized carbons (Fsp3) is 0.333. The molecule has 1 saturated heterocycles. The van der Waals surface area contributed by atoms with Gasteiger partial charge in [0.1, 0.15) is 12.3 Å². The number of aromatic hydroxyl groups is 1. The molecule has 1 amide bonds. The number of amides is 1. The van der Waals surface area contributed by atoms with Crippen LogP contribution < -0.4 is 5.56 Å². The van der Waals surface area contributed by atoms with Crippen molar-refractivity contribution in [2.75, 3.05) is 6.54 Å². The first-order chi connectivity index (χ1) is 11.5. The molecule has 0 radical (unpaired) electrons. The van der Waals surface area contributed by atoms with E-state index < -0.39 is 0 Å². The minimum atomic E-state index is -0.372. The van der Waals surface area contributed by atoms with Gasteiger partial charge in [-0.1, -0.05) is 23.7 Å². The molecule has 2 aromatic rings. The summed E-state index contributed by atoms with van der Waals surface area (Å²) in [4.78, 5) is 26.6. The van der Waals surface area contributed by atoms with E-state index in [2.05, 4.69) is 0 Å². The quantitative estimate of drug-likeness (QED) is 0.929. The molecule has 1 aromatic carbocycles. The lowest BCUT2D eigenvalue weighted by atomic mass is 10.0. The van der Waals surface area contributed by atoms with Crippen molar-refractivity contribution in [3.8, 4) is 5.75 Å². The summed E-state index contributed by atoms with van der Waals surface area (Å²) in [6, 6.07) is 10.2. The maximum absolute atomic E-state index is 12.7. The first kappa shape index (κ1) is 16.6. The van der Waals surface area contributed by atoms with Crippen LogP contribution in [0.4, 0.5) is 0 Å². The van der Waals surface area contributed by atoms with Crippen LogP contribution in [0.15, 0.2) is 41.2 Å². The average Bonchev–Trinajstić information content (AvgIpc) is 3.01. The van der Waals surface area contributed by atoms with Gasteiger partial charge in [0, 0.05) is 23.3 Å². The van der Waals surface area contributed by atoms with Crippen molar-refractivity contribution < 1.29 is 9.90 Å². The van der Waals surface area contributed by atoms with Gasteiger partial charge in [-0.25, -0.2) is 0 Å². The summed E-state index contributed by atoms with van der Waals surface area (Å²) >= 11 is 5.93. The second-order valence-electron chi connectivity index (χ2n) is 6.08. The lowest BCUT2D eigenvalue weighted by Crippen LogP contribution is -2.36. The molecule has 1 aromatic heterocycles. The topological polar surface area (TPSA) is 62.5 Å². The van der Waals surface area contributed by atoms with Gasteiger partial charge in [-0.15, -0.1) is 0 Å². The van der Waals surface area contributed by atoms with E-state index in [4.69, 9.17) is 11.6 Å². The zero-order valence-electron chi connectivity index (χ0n) is 13.4. The van der Waals surface area contributed by atoms with Crippen molar-refractivity contribution in [3.05, 3.63) is 63.0 Å². The summed E-state index contributed by atoms with van der Waals surface area (Å²) < 4.78 is 1.39. The molecule has 126 valence electrons. The van der Waals surface area contributed by atoms with Gasteiger partial charge < -0.3 is 14.6 Å². The van der Waals surface area contributed by atoms with Gasteiger partial charge in [0.25, 0.3) is 5.56 Å². The average molecular weight is 347 g/mol. The summed E-state index contributed by atoms with van der Waals surface area (Å²) in [5.74, 6) is -0.176. The van der Waals surface area contributed by atoms with Crippen LogP contribution in [0.5, 0.6) is 5.75 Å². The summed E-state index contributed by atoms with van der Waals surface area (Å²) in [6.07, 6.45) is 1.83. The van der Waals surface area contributed by atoms with E-state index in [0.29, 0.717) is 17.3 Å². The maximum atomic E-state index is 12.7. The first-order valence-electron chi connectivity index (χ1n) is 7.91. The van der Waals surface area contributed by atoms with Crippen LogP contribution in [0.3, 0.4) is 0 Å². The summed E-state index contributed by atoms with van der Waals surface area (Å²) in [5, 5.41) is 10.1. The first-order valence-corrected chi connectivity index (χ1v) is 8.29. The predicted molar refractivity (Wildman–Crippen MR) is 92.2 cm³/mol. The number of benzene rings is 1. The van der Waals surface area contributed by atoms with E-state index in [1.807, 2.05) is 29.2 Å². The van der Waals surface area contributed by atoms with Crippen molar-refractivity contribution in [2.45, 2.75) is 32.4 Å². The zero-order valence-corrected chi connectivity index (χ0v) is 14.2. The predicted octanol–water partition coefficient (Wildman–Crippen LogP) is 2.88. The highest BCUT2D eigenvalue weighted by Crippen LogP contribution is 2.32. The Kier molecular flexibility index (Phi) is 4.62. The molecular weight excluding hydrogens is 328 g/mol. The standard InChI is InChI=1S/C18H19ClN2O3/c1-12-9-15(22)10-17(23)21(12)11-18(24)20-8-2-3-16(20)13-4-6-14(19)7-5-13/h4-7,9-10,16,22H,2-3,8,11H2,1H3/t16-/m0/s1. The Hall–Kier alpha value is -2.27. The molecule has 0 saturated carbocycles. The van der Waals surface area contributed by atoms with Crippen LogP contribution in [0, 0.1) is 6.92 Å². The van der Waals surface area contributed by atoms with Crippen LogP contribution in [-0.2, 0) is 11.3 Å². The number of hydrogen-bond acceptors (Lipinski definition) is 3. The van der Waals surface area contributed by atoms with E-state index in [1.165, 1.54) is 10.6 Å². The van der Waals surface area contributed by atoms with E-state index in [-0.39, 0.29) is 29.8 Å². The molecule has 5 nitrogen and oxygen atoms in total. The van der Waals surface area contributed by atoms with E-state index >= 15 is 0 Å². The molecule has 0 bridgehead atoms. The Balaban J connectivity index is 1.82. The number of nitrogens with zero attached hydrogens (tertiary/aromatic N) is 2. The number of carbonyl (C=O) groups excluding carboxylic acids is 1. The Morgan fingerprint density at radius 3 is 2.67 bits per heavy atom. The highest BCUT2D eigenvalue weighted by Gasteiger charge is 2.30. The highest BCUT2D eigenvalue weighted by molar-refractivity contribution is 6.30. The van der Waals surface area contributed by atoms with Gasteiger partial charge in [0.05, 0.1) is 6.04 Å². The summed E-state index contributed by atoms with van der Waals surface area (Å²) in [6.45, 7) is 2.36. The van der Waals surface area contributed by atoms with Gasteiger partial charge in [0.15, 0.2) is 0 Å². The fourth-order valence-electron chi connectivity index (χ4n) is 3.24. The molecule has 3 rings (SSSR count). The molecule has 0 spiro atoms. The Labute approximate surface area is 145 Å². The second-order valence-corrected chi connectivity index (χ2v) is 6.51. The van der Waals surface area contributed by atoms with E-state index in [1.54, 1.807) is 6.92 Å². The van der Waals surface area contributed by atoms with Crippen molar-refractivity contribution in [3.63, 3.8) is 0 Å². The molecule has 1 aliphatic rings. The summed E-state index contributed by atoms with van der Waals surface area (Å²) in [5.41, 5.74) is 1.25. The van der Waals surface area contributed by atoms with Crippen LogP contribution in [-0.4, -0.2) is 27.0 Å². The molecule has 2 heterocycles. The minimum absolute atomic E-state index is 0.0166. The molecule has 1 fully saturated rings. The Morgan fingerprint density at radius 1 is 1.29 bits per heavy atom. The third kappa shape index (κ3) is 3.31. The SMILES string of the molecule is Cc1cc(O)cc(=O)n1CC(=O)N1CCC[C@H]1c1ccc(Cl)cc1. The van der Waals surface area contributed by atoms with Crippen molar-refractivity contribution in [2.24, 2.45) is 0 Å². The molecule has 0 aliphatic carbocycles. The largest absolute Gasteiger partial charge is 0.508 e. The van der Waals surface area contributed by atoms with Crippen molar-refractivity contribution in [1.29, 1.82) is 0 Å². The molecule has 1 aliphatic heterocycles. The van der Waals surface area contributed by atoms with Gasteiger partial charge in [-0.05, 0) is 43.5 Å². The van der Waals surface area contributed by atoms with Crippen LogP contribution >= 0.6 is 11.6 Å². The number of carbonyl (C=O) groups is 1. The third-order valence-electron chi connectivity index (χ3n) is 4.44. The lowest BCUT2D eigenvalue weighted by molar-refractivity contribution is -0.132. The number of likely N-dealkylation sites (tertiary alicyclic amines) is 1. The van der Waals surface area contributed by atoms with E-state index in [0.717, 1.165) is 24.5 Å². The third-order valence-corrected chi connectivity index (χ3v) is 4.69. The molecule has 6 heteroatoms. The maximum Gasteiger partial charge on any atom is 0.254 e. The molecule has 24 heavy (non-hydrogen) atoms. The minimum Gasteiger partial charge on any atom is -0.508 e. The van der Waals surface area contributed by atoms with Gasteiger partial charge in [-0.3, -0.25) is 9.59 Å². The lowest BCUT2D eigenvalue weighted by Gasteiger charge is -2.26. The molecule has 0 unspecified atom stereocenters. The monoisotopic (exact) mass is 346 g/mol. The number of rotatable bonds is 3. The Bertz CT molecular complexity index is 814. The summed E-state index contributed by atoms with van der Waals surface area (Å²) in [7, 11) is 0. The fourth-order valence-corrected chi connectivity index (χ4v) is 3.36. The van der Waals surface area contributed by atoms with Crippen LogP contribution in [0.1, 0.15) is 30.1 Å². The van der Waals surface area contributed by atoms with Crippen molar-refractivity contribution in [1.82, 2.24) is 9.47 Å². The van der Waals surface area contributed by atoms with Crippen LogP contribution in [0.2, 0.25) is 5.02 Å². The number of halogens is 1. The van der Waals surface area contributed by atoms with Crippen molar-refractivity contribution >= 4 is 17.5 Å². The molecule has 1 atom stereocenters. The smallest absolute Gasteiger partial charge is 0.254 e. The zero-order chi connectivity index (χ0) is 17.3. The number of hydrogen-bond donors (Lipinski definition) is 1. The van der Waals surface area contributed by atoms with Gasteiger partial charge in [-0.2, -0.15) is 0 Å². The number of aromatic nitrogens is 1. The highest BCUT2D eigenvalue weighted by atomic mass is 35.5. The number of pyridine rings is 1. The second kappa shape index (κ2) is 6.69. The molecule has 1 N–H and O–H groups in total. The Morgan fingerprint density at radius 2 is 2.00 bits per heavy atom. The van der Waals surface area contributed by atoms with E-state index in [9.17, 15) is 14.7 Å². The number of aryl methyl sites for hydroxylation is 1. The molecular formula is C18H19ClN2O3. The normalized spacial score (nSPS) is 17.2. The van der Waals surface area contributed by atoms with Gasteiger partial charge in [0.2, 0.25) is 5.91 Å². The van der Waals surface area contributed by atoms with Gasteiger partial charge >= 0.3 is 0 Å².